The fourth-order valence-electron chi connectivity index (χ4n) is 0.678. The van der Waals surface area contributed by atoms with E-state index in [1.165, 1.54) is 7.11 Å². The number of rotatable bonds is 3. The van der Waals surface area contributed by atoms with Gasteiger partial charge in [0, 0.05) is 0 Å². The zero-order valence-corrected chi connectivity index (χ0v) is 8.07. The smallest absolute Gasteiger partial charge is 0.274 e. The van der Waals surface area contributed by atoms with Gasteiger partial charge in [0.25, 0.3) is 11.6 Å². The van der Waals surface area contributed by atoms with Crippen LogP contribution < -0.4 is 4.74 Å². The number of aromatic nitrogens is 1. The van der Waals surface area contributed by atoms with Gasteiger partial charge in [-0.2, -0.15) is 4.98 Å². The summed E-state index contributed by atoms with van der Waals surface area (Å²) in [5.74, 6) is 0. The molecule has 0 saturated carbocycles. The van der Waals surface area contributed by atoms with E-state index in [0.717, 1.165) is 11.3 Å². The lowest BCUT2D eigenvalue weighted by atomic mass is 10.3. The quantitative estimate of drug-likeness (QED) is 0.863. The van der Waals surface area contributed by atoms with Crippen molar-refractivity contribution in [2.45, 2.75) is 12.5 Å². The molecule has 0 fully saturated rings. The highest BCUT2D eigenvalue weighted by atomic mass is 35.5. The van der Waals surface area contributed by atoms with E-state index in [-0.39, 0.29) is 15.2 Å². The van der Waals surface area contributed by atoms with Gasteiger partial charge in [-0.3, -0.25) is 0 Å². The van der Waals surface area contributed by atoms with Crippen LogP contribution in [0.2, 0.25) is 5.15 Å². The molecule has 1 aromatic heterocycles. The summed E-state index contributed by atoms with van der Waals surface area (Å²) in [5.41, 5.74) is 0. The molecular formula is C6H6ClF2NO2S. The van der Waals surface area contributed by atoms with Crippen molar-refractivity contribution < 1.29 is 18.6 Å². The summed E-state index contributed by atoms with van der Waals surface area (Å²) in [7, 11) is 1.34. The molecule has 0 aliphatic rings. The number of nitrogens with zero attached hydrogens (tertiary/aromatic N) is 1. The van der Waals surface area contributed by atoms with Crippen LogP contribution in [0.4, 0.5) is 8.78 Å². The molecular weight excluding hydrogens is 224 g/mol. The van der Waals surface area contributed by atoms with Crippen LogP contribution in [0.25, 0.3) is 0 Å². The first-order valence-electron chi connectivity index (χ1n) is 3.22. The van der Waals surface area contributed by atoms with Crippen molar-refractivity contribution in [1.29, 1.82) is 0 Å². The summed E-state index contributed by atoms with van der Waals surface area (Å²) in [6, 6.07) is 0. The van der Waals surface area contributed by atoms with Crippen LogP contribution in [0.3, 0.4) is 0 Å². The maximum absolute atomic E-state index is 12.0. The maximum Gasteiger partial charge on any atom is 0.274 e. The van der Waals surface area contributed by atoms with Crippen molar-refractivity contribution in [3.63, 3.8) is 0 Å². The Balaban J connectivity index is 2.93. The molecule has 3 nitrogen and oxygen atoms in total. The van der Waals surface area contributed by atoms with Gasteiger partial charge in [0.2, 0.25) is 0 Å². The third-order valence-electron chi connectivity index (χ3n) is 1.27. The molecule has 0 spiro atoms. The number of aliphatic hydroxyl groups is 1. The predicted octanol–water partition coefficient (Wildman–Crippen LogP) is 2.10. The van der Waals surface area contributed by atoms with Gasteiger partial charge in [-0.25, -0.2) is 8.78 Å². The monoisotopic (exact) mass is 229 g/mol. The fourth-order valence-corrected chi connectivity index (χ4v) is 1.79. The summed E-state index contributed by atoms with van der Waals surface area (Å²) >= 11 is 6.29. The van der Waals surface area contributed by atoms with Gasteiger partial charge >= 0.3 is 0 Å². The van der Waals surface area contributed by atoms with E-state index in [1.807, 2.05) is 0 Å². The molecule has 1 N–H and O–H groups in total. The van der Waals surface area contributed by atoms with Crippen molar-refractivity contribution in [2.24, 2.45) is 0 Å². The lowest BCUT2D eigenvalue weighted by Gasteiger charge is -2.05. The lowest BCUT2D eigenvalue weighted by Crippen LogP contribution is -2.06. The molecule has 1 unspecified atom stereocenters. The first-order chi connectivity index (χ1) is 6.06. The number of ether oxygens (including phenoxy) is 1. The van der Waals surface area contributed by atoms with E-state index in [0.29, 0.717) is 0 Å². The van der Waals surface area contributed by atoms with E-state index < -0.39 is 12.5 Å². The van der Waals surface area contributed by atoms with Crippen molar-refractivity contribution in [3.8, 4) is 5.19 Å². The van der Waals surface area contributed by atoms with Crippen LogP contribution >= 0.6 is 22.9 Å². The molecule has 0 aliphatic carbocycles. The first-order valence-corrected chi connectivity index (χ1v) is 4.42. The number of thiazole rings is 1. The van der Waals surface area contributed by atoms with Crippen LogP contribution in [0.15, 0.2) is 0 Å². The van der Waals surface area contributed by atoms with Gasteiger partial charge in [0.05, 0.1) is 12.0 Å². The summed E-state index contributed by atoms with van der Waals surface area (Å²) in [6.45, 7) is 0. The predicted molar refractivity (Wildman–Crippen MR) is 44.6 cm³/mol. The highest BCUT2D eigenvalue weighted by molar-refractivity contribution is 7.14. The first kappa shape index (κ1) is 10.6. The van der Waals surface area contributed by atoms with E-state index >= 15 is 0 Å². The molecule has 7 heteroatoms. The number of halogens is 3. The lowest BCUT2D eigenvalue weighted by molar-refractivity contribution is -0.00375. The minimum Gasteiger partial charge on any atom is -0.473 e. The second kappa shape index (κ2) is 4.17. The average Bonchev–Trinajstić information content (AvgIpc) is 2.45. The van der Waals surface area contributed by atoms with Crippen molar-refractivity contribution in [3.05, 3.63) is 10.0 Å². The van der Waals surface area contributed by atoms with E-state index in [4.69, 9.17) is 16.7 Å². The Morgan fingerprint density at radius 3 is 2.62 bits per heavy atom. The molecule has 0 bridgehead atoms. The number of aliphatic hydroxyl groups excluding tert-OH is 1. The normalized spacial score (nSPS) is 13.4. The van der Waals surface area contributed by atoms with Crippen molar-refractivity contribution in [2.75, 3.05) is 7.11 Å². The molecule has 74 valence electrons. The third-order valence-corrected chi connectivity index (χ3v) is 2.76. The molecule has 0 aliphatic heterocycles. The minimum atomic E-state index is -2.87. The summed E-state index contributed by atoms with van der Waals surface area (Å²) < 4.78 is 28.7. The Morgan fingerprint density at radius 2 is 2.23 bits per heavy atom. The second-order valence-corrected chi connectivity index (χ2v) is 3.47. The average molecular weight is 230 g/mol. The number of hydrogen-bond acceptors (Lipinski definition) is 4. The van der Waals surface area contributed by atoms with Crippen molar-refractivity contribution in [1.82, 2.24) is 4.98 Å². The zero-order valence-electron chi connectivity index (χ0n) is 6.50. The Kier molecular flexibility index (Phi) is 3.40. The van der Waals surface area contributed by atoms with Gasteiger partial charge in [0.1, 0.15) is 5.15 Å². The number of alkyl halides is 2. The third kappa shape index (κ3) is 2.26. The van der Waals surface area contributed by atoms with Gasteiger partial charge in [-0.05, 0) is 0 Å². The molecule has 1 aromatic rings. The van der Waals surface area contributed by atoms with Crippen molar-refractivity contribution >= 4 is 22.9 Å². The topological polar surface area (TPSA) is 42.4 Å². The minimum absolute atomic E-state index is 0.0754. The standard InChI is InChI=1S/C6H6ClF2NO2S/c1-12-6-10-4(7)3(13-6)2(11)5(8)9/h2,5,11H,1H3. The molecule has 13 heavy (non-hydrogen) atoms. The molecule has 0 saturated heterocycles. The summed E-state index contributed by atoms with van der Waals surface area (Å²) in [4.78, 5) is 3.53. The van der Waals surface area contributed by atoms with Gasteiger partial charge in [-0.1, -0.05) is 22.9 Å². The SMILES string of the molecule is COc1nc(Cl)c(C(O)C(F)F)s1. The molecule has 1 atom stereocenters. The highest BCUT2D eigenvalue weighted by Crippen LogP contribution is 2.35. The van der Waals surface area contributed by atoms with Crippen LogP contribution in [0, 0.1) is 0 Å². The summed E-state index contributed by atoms with van der Waals surface area (Å²) in [6.07, 6.45) is -4.77. The van der Waals surface area contributed by atoms with Gasteiger partial charge < -0.3 is 9.84 Å². The van der Waals surface area contributed by atoms with E-state index in [1.54, 1.807) is 0 Å². The van der Waals surface area contributed by atoms with E-state index in [9.17, 15) is 8.78 Å². The maximum atomic E-state index is 12.0. The van der Waals surface area contributed by atoms with Gasteiger partial charge in [-0.15, -0.1) is 0 Å². The Labute approximate surface area is 81.9 Å². The van der Waals surface area contributed by atoms with E-state index in [2.05, 4.69) is 9.72 Å². The Hall–Kier alpha value is -0.460. The molecule has 1 heterocycles. The second-order valence-electron chi connectivity index (χ2n) is 2.12. The van der Waals surface area contributed by atoms with Gasteiger partial charge in [0.15, 0.2) is 6.10 Å². The molecule has 0 aromatic carbocycles. The number of methoxy groups -OCH3 is 1. The zero-order chi connectivity index (χ0) is 10.0. The van der Waals surface area contributed by atoms with Crippen LogP contribution in [-0.2, 0) is 0 Å². The highest BCUT2D eigenvalue weighted by Gasteiger charge is 2.25. The van der Waals surface area contributed by atoms with Crippen LogP contribution in [0.5, 0.6) is 5.19 Å². The van der Waals surface area contributed by atoms with Crippen LogP contribution in [-0.4, -0.2) is 23.6 Å². The largest absolute Gasteiger partial charge is 0.473 e. The Bertz CT molecular complexity index is 294. The van der Waals surface area contributed by atoms with Crippen LogP contribution in [0.1, 0.15) is 11.0 Å². The fraction of sp³-hybridized carbons (Fsp3) is 0.500. The number of hydrogen-bond donors (Lipinski definition) is 1. The molecule has 1 rings (SSSR count). The molecule has 0 amide bonds. The Morgan fingerprint density at radius 1 is 1.62 bits per heavy atom. The summed E-state index contributed by atoms with van der Waals surface area (Å²) in [5, 5.41) is 8.98. The molecule has 0 radical (unpaired) electrons.